The van der Waals surface area contributed by atoms with Gasteiger partial charge >= 0.3 is 0 Å². The van der Waals surface area contributed by atoms with E-state index in [0.29, 0.717) is 33.6 Å². The van der Waals surface area contributed by atoms with Gasteiger partial charge in [0.1, 0.15) is 22.8 Å². The predicted octanol–water partition coefficient (Wildman–Crippen LogP) is 2.77. The van der Waals surface area contributed by atoms with Crippen LogP contribution in [0.1, 0.15) is 18.5 Å². The molecule has 1 aromatic carbocycles. The number of aromatic nitrogens is 2. The van der Waals surface area contributed by atoms with Crippen LogP contribution in [0, 0.1) is 5.82 Å². The smallest absolute Gasteiger partial charge is 0.150 e. The van der Waals surface area contributed by atoms with Crippen molar-refractivity contribution in [2.45, 2.75) is 18.4 Å². The summed E-state index contributed by atoms with van der Waals surface area (Å²) in [5, 5.41) is 11.7. The molecule has 2 N–H and O–H groups in total. The minimum Gasteiger partial charge on any atom is -0.496 e. The first kappa shape index (κ1) is 17.9. The monoisotopic (exact) mass is 390 g/mol. The third-order valence-corrected chi connectivity index (χ3v) is 6.79. The van der Waals surface area contributed by atoms with Crippen molar-refractivity contribution in [3.63, 3.8) is 0 Å². The lowest BCUT2D eigenvalue weighted by molar-refractivity contribution is 0.0227. The van der Waals surface area contributed by atoms with Crippen LogP contribution in [0.2, 0.25) is 0 Å². The highest BCUT2D eigenvalue weighted by Crippen LogP contribution is 2.39. The number of aliphatic hydroxyl groups is 1. The molecule has 0 saturated carbocycles. The normalized spacial score (nSPS) is 18.5. The molecule has 4 rings (SSSR count). The second kappa shape index (κ2) is 6.31. The minimum atomic E-state index is -3.10. The number of nitrogens with one attached hydrogen (secondary N) is 1. The Balaban J connectivity index is 1.83. The van der Waals surface area contributed by atoms with Gasteiger partial charge < -0.3 is 14.8 Å². The van der Waals surface area contributed by atoms with Gasteiger partial charge in [-0.15, -0.1) is 0 Å². The van der Waals surface area contributed by atoms with Crippen LogP contribution in [0.5, 0.6) is 5.75 Å². The molecule has 0 atom stereocenters. The van der Waals surface area contributed by atoms with Gasteiger partial charge in [-0.1, -0.05) is 0 Å². The maximum atomic E-state index is 13.8. The molecule has 0 spiro atoms. The van der Waals surface area contributed by atoms with Gasteiger partial charge in [0.15, 0.2) is 9.84 Å². The molecule has 27 heavy (non-hydrogen) atoms. The van der Waals surface area contributed by atoms with Gasteiger partial charge in [0.25, 0.3) is 0 Å². The third kappa shape index (κ3) is 3.19. The predicted molar refractivity (Wildman–Crippen MR) is 99.8 cm³/mol. The summed E-state index contributed by atoms with van der Waals surface area (Å²) >= 11 is 0. The largest absolute Gasteiger partial charge is 0.496 e. The van der Waals surface area contributed by atoms with Crippen molar-refractivity contribution < 1.29 is 22.7 Å². The van der Waals surface area contributed by atoms with Crippen molar-refractivity contribution in [3.05, 3.63) is 48.0 Å². The van der Waals surface area contributed by atoms with Gasteiger partial charge in [-0.2, -0.15) is 0 Å². The van der Waals surface area contributed by atoms with Gasteiger partial charge in [0.05, 0.1) is 18.6 Å². The van der Waals surface area contributed by atoms with Crippen LogP contribution in [-0.4, -0.2) is 42.1 Å². The summed E-state index contributed by atoms with van der Waals surface area (Å²) in [6, 6.07) is 7.80. The molecule has 3 heterocycles. The first-order chi connectivity index (χ1) is 12.8. The van der Waals surface area contributed by atoms with Crippen LogP contribution in [0.25, 0.3) is 22.2 Å². The minimum absolute atomic E-state index is 0.0587. The number of rotatable bonds is 3. The molecule has 1 aliphatic rings. The first-order valence-electron chi connectivity index (χ1n) is 8.56. The van der Waals surface area contributed by atoms with Crippen LogP contribution in [0.4, 0.5) is 4.39 Å². The Kier molecular flexibility index (Phi) is 4.20. The number of pyridine rings is 1. The molecule has 1 fully saturated rings. The Morgan fingerprint density at radius 2 is 1.93 bits per heavy atom. The fourth-order valence-electron chi connectivity index (χ4n) is 3.55. The number of methoxy groups -OCH3 is 1. The topological polar surface area (TPSA) is 92.3 Å². The van der Waals surface area contributed by atoms with E-state index in [9.17, 15) is 17.9 Å². The van der Waals surface area contributed by atoms with Gasteiger partial charge in [-0.3, -0.25) is 0 Å². The molecule has 6 nitrogen and oxygen atoms in total. The molecule has 3 aromatic rings. The van der Waals surface area contributed by atoms with E-state index in [1.54, 1.807) is 24.4 Å². The Bertz CT molecular complexity index is 1110. The van der Waals surface area contributed by atoms with Crippen LogP contribution in [0.15, 0.2) is 36.5 Å². The summed E-state index contributed by atoms with van der Waals surface area (Å²) in [7, 11) is -1.59. The number of sulfone groups is 1. The molecule has 0 aliphatic carbocycles. The highest BCUT2D eigenvalue weighted by molar-refractivity contribution is 7.91. The van der Waals surface area contributed by atoms with Crippen molar-refractivity contribution >= 4 is 20.9 Å². The van der Waals surface area contributed by atoms with E-state index in [1.165, 1.54) is 19.2 Å². The number of aromatic amines is 1. The summed E-state index contributed by atoms with van der Waals surface area (Å²) in [6.07, 6.45) is 1.85. The highest BCUT2D eigenvalue weighted by atomic mass is 32.2. The Morgan fingerprint density at radius 3 is 2.63 bits per heavy atom. The molecular weight excluding hydrogens is 371 g/mol. The lowest BCUT2D eigenvalue weighted by Gasteiger charge is -2.30. The van der Waals surface area contributed by atoms with Crippen molar-refractivity contribution in [1.82, 2.24) is 9.97 Å². The van der Waals surface area contributed by atoms with E-state index in [1.807, 2.05) is 0 Å². The zero-order valence-electron chi connectivity index (χ0n) is 14.7. The maximum Gasteiger partial charge on any atom is 0.150 e. The molecule has 1 aliphatic heterocycles. The SMILES string of the molecule is COc1ccc(F)cc1-c1ccnc2[nH]c(C3(O)CCS(=O)(=O)CC3)cc12. The number of hydrogen-bond acceptors (Lipinski definition) is 5. The van der Waals surface area contributed by atoms with Crippen molar-refractivity contribution in [1.29, 1.82) is 0 Å². The molecule has 142 valence electrons. The average molecular weight is 390 g/mol. The summed E-state index contributed by atoms with van der Waals surface area (Å²) in [6.45, 7) is 0. The number of benzene rings is 1. The number of hydrogen-bond donors (Lipinski definition) is 2. The summed E-state index contributed by atoms with van der Waals surface area (Å²) < 4.78 is 42.6. The number of H-pyrrole nitrogens is 1. The van der Waals surface area contributed by atoms with Crippen molar-refractivity contribution in [2.24, 2.45) is 0 Å². The van der Waals surface area contributed by atoms with Crippen molar-refractivity contribution in [3.8, 4) is 16.9 Å². The molecule has 0 amide bonds. The zero-order chi connectivity index (χ0) is 19.2. The van der Waals surface area contributed by atoms with Gasteiger partial charge in [-0.05, 0) is 48.7 Å². The van der Waals surface area contributed by atoms with Crippen LogP contribution in [0.3, 0.4) is 0 Å². The molecule has 1 saturated heterocycles. The molecule has 8 heteroatoms. The summed E-state index contributed by atoms with van der Waals surface area (Å²) in [5.41, 5.74) is 1.09. The molecular formula is C19H19FN2O4S. The second-order valence-electron chi connectivity index (χ2n) is 6.83. The quantitative estimate of drug-likeness (QED) is 0.717. The molecule has 0 unspecified atom stereocenters. The van der Waals surface area contributed by atoms with E-state index >= 15 is 0 Å². The average Bonchev–Trinajstić information content (AvgIpc) is 3.09. The van der Waals surface area contributed by atoms with E-state index in [4.69, 9.17) is 4.74 Å². The maximum absolute atomic E-state index is 13.8. The van der Waals surface area contributed by atoms with E-state index in [2.05, 4.69) is 9.97 Å². The number of ether oxygens (including phenoxy) is 1. The van der Waals surface area contributed by atoms with Crippen LogP contribution >= 0.6 is 0 Å². The van der Waals surface area contributed by atoms with Crippen LogP contribution < -0.4 is 4.74 Å². The summed E-state index contributed by atoms with van der Waals surface area (Å²) in [4.78, 5) is 7.41. The van der Waals surface area contributed by atoms with Gasteiger partial charge in [-0.25, -0.2) is 17.8 Å². The second-order valence-corrected chi connectivity index (χ2v) is 9.14. The number of nitrogens with zero attached hydrogens (tertiary/aromatic N) is 1. The first-order valence-corrected chi connectivity index (χ1v) is 10.4. The zero-order valence-corrected chi connectivity index (χ0v) is 15.5. The summed E-state index contributed by atoms with van der Waals surface area (Å²) in [5.74, 6) is 0.0186. The molecule has 0 radical (unpaired) electrons. The molecule has 0 bridgehead atoms. The van der Waals surface area contributed by atoms with E-state index in [0.717, 1.165) is 0 Å². The third-order valence-electron chi connectivity index (χ3n) is 5.14. The number of halogens is 1. The van der Waals surface area contributed by atoms with Gasteiger partial charge in [0, 0.05) is 22.8 Å². The number of fused-ring (bicyclic) bond motifs is 1. The Labute approximate surface area is 155 Å². The highest BCUT2D eigenvalue weighted by Gasteiger charge is 2.38. The Morgan fingerprint density at radius 1 is 1.19 bits per heavy atom. The van der Waals surface area contributed by atoms with Crippen molar-refractivity contribution in [2.75, 3.05) is 18.6 Å². The molecule has 2 aromatic heterocycles. The lowest BCUT2D eigenvalue weighted by atomic mass is 9.92. The fourth-order valence-corrected chi connectivity index (χ4v) is 5.05. The standard InChI is InChI=1S/C19H19FN2O4S/c1-26-16-3-2-12(20)10-14(16)13-4-7-21-18-15(13)11-17(22-18)19(23)5-8-27(24,25)9-6-19/h2-4,7,10-11,23H,5-6,8-9H2,1H3,(H,21,22). The van der Waals surface area contributed by atoms with E-state index in [-0.39, 0.29) is 30.2 Å². The van der Waals surface area contributed by atoms with E-state index < -0.39 is 15.4 Å². The lowest BCUT2D eigenvalue weighted by Crippen LogP contribution is -2.37. The van der Waals surface area contributed by atoms with Crippen LogP contribution in [-0.2, 0) is 15.4 Å². The Hall–Kier alpha value is -2.45. The fraction of sp³-hybridized carbons (Fsp3) is 0.316. The van der Waals surface area contributed by atoms with Gasteiger partial charge in [0.2, 0.25) is 0 Å².